The second kappa shape index (κ2) is 9.79. The van der Waals surface area contributed by atoms with Gasteiger partial charge in [-0.1, -0.05) is 48.5 Å². The van der Waals surface area contributed by atoms with Gasteiger partial charge in [0.15, 0.2) is 0 Å². The van der Waals surface area contributed by atoms with Gasteiger partial charge in [0, 0.05) is 24.5 Å². The highest BCUT2D eigenvalue weighted by Crippen LogP contribution is 2.27. The molecule has 0 spiro atoms. The molecule has 140 valence electrons. The molecular formula is C24H28N2O. The minimum Gasteiger partial charge on any atom is -0.494 e. The zero-order valence-electron chi connectivity index (χ0n) is 16.2. The average Bonchev–Trinajstić information content (AvgIpc) is 2.71. The van der Waals surface area contributed by atoms with Crippen molar-refractivity contribution >= 4 is 11.4 Å². The van der Waals surface area contributed by atoms with Crippen LogP contribution >= 0.6 is 0 Å². The molecule has 0 saturated heterocycles. The monoisotopic (exact) mass is 360 g/mol. The molecule has 3 aromatic rings. The quantitative estimate of drug-likeness (QED) is 0.478. The SMILES string of the molecule is CN(C)CCCOc1ccc(CN(c2ccccc2)c2ccccc2)cc1. The number of hydrogen-bond donors (Lipinski definition) is 0. The van der Waals surface area contributed by atoms with E-state index in [1.54, 1.807) is 0 Å². The Balaban J connectivity index is 1.67. The van der Waals surface area contributed by atoms with Gasteiger partial charge in [-0.2, -0.15) is 0 Å². The lowest BCUT2D eigenvalue weighted by atomic mass is 10.1. The molecule has 27 heavy (non-hydrogen) atoms. The van der Waals surface area contributed by atoms with Crippen LogP contribution in [0.3, 0.4) is 0 Å². The summed E-state index contributed by atoms with van der Waals surface area (Å²) in [5.74, 6) is 0.934. The van der Waals surface area contributed by atoms with E-state index in [0.717, 1.165) is 31.9 Å². The van der Waals surface area contributed by atoms with Crippen LogP contribution in [0.2, 0.25) is 0 Å². The third-order valence-corrected chi connectivity index (χ3v) is 4.42. The summed E-state index contributed by atoms with van der Waals surface area (Å²) >= 11 is 0. The molecule has 0 aliphatic heterocycles. The molecule has 3 rings (SSSR count). The van der Waals surface area contributed by atoms with Crippen LogP contribution in [0.5, 0.6) is 5.75 Å². The summed E-state index contributed by atoms with van der Waals surface area (Å²) in [5.41, 5.74) is 3.63. The number of benzene rings is 3. The Bertz CT molecular complexity index is 746. The van der Waals surface area contributed by atoms with E-state index in [9.17, 15) is 0 Å². The number of anilines is 2. The lowest BCUT2D eigenvalue weighted by Gasteiger charge is -2.25. The molecule has 0 saturated carbocycles. The first-order valence-corrected chi connectivity index (χ1v) is 9.46. The highest BCUT2D eigenvalue weighted by molar-refractivity contribution is 5.63. The summed E-state index contributed by atoms with van der Waals surface area (Å²) in [5, 5.41) is 0. The summed E-state index contributed by atoms with van der Waals surface area (Å²) in [7, 11) is 4.17. The molecule has 0 fully saturated rings. The molecule has 0 aromatic heterocycles. The number of rotatable bonds is 9. The van der Waals surface area contributed by atoms with Crippen molar-refractivity contribution in [3.63, 3.8) is 0 Å². The van der Waals surface area contributed by atoms with Gasteiger partial charge in [0.25, 0.3) is 0 Å². The minimum absolute atomic E-state index is 0.748. The van der Waals surface area contributed by atoms with Gasteiger partial charge in [-0.15, -0.1) is 0 Å². The Morgan fingerprint density at radius 2 is 1.26 bits per heavy atom. The average molecular weight is 361 g/mol. The van der Waals surface area contributed by atoms with E-state index in [-0.39, 0.29) is 0 Å². The largest absolute Gasteiger partial charge is 0.494 e. The van der Waals surface area contributed by atoms with Gasteiger partial charge in [0.05, 0.1) is 6.61 Å². The smallest absolute Gasteiger partial charge is 0.119 e. The third-order valence-electron chi connectivity index (χ3n) is 4.42. The first-order valence-electron chi connectivity index (χ1n) is 9.46. The molecule has 0 aliphatic rings. The standard InChI is InChI=1S/C24H28N2O/c1-25(2)18-9-19-27-24-16-14-21(15-17-24)20-26(22-10-5-3-6-11-22)23-12-7-4-8-13-23/h3-8,10-17H,9,18-20H2,1-2H3. The second-order valence-electron chi connectivity index (χ2n) is 6.91. The van der Waals surface area contributed by atoms with Gasteiger partial charge in [-0.25, -0.2) is 0 Å². The molecule has 3 nitrogen and oxygen atoms in total. The molecule has 0 N–H and O–H groups in total. The van der Waals surface area contributed by atoms with E-state index >= 15 is 0 Å². The Kier molecular flexibility index (Phi) is 6.89. The Morgan fingerprint density at radius 1 is 0.704 bits per heavy atom. The minimum atomic E-state index is 0.748. The van der Waals surface area contributed by atoms with Crippen molar-refractivity contribution in [3.05, 3.63) is 90.5 Å². The van der Waals surface area contributed by atoms with E-state index in [4.69, 9.17) is 4.74 Å². The Labute approximate surface area is 162 Å². The molecule has 3 heteroatoms. The van der Waals surface area contributed by atoms with Crippen LogP contribution in [0.1, 0.15) is 12.0 Å². The lowest BCUT2D eigenvalue weighted by Crippen LogP contribution is -2.16. The topological polar surface area (TPSA) is 15.7 Å². The number of ether oxygens (including phenoxy) is 1. The third kappa shape index (κ3) is 5.87. The van der Waals surface area contributed by atoms with E-state index < -0.39 is 0 Å². The van der Waals surface area contributed by atoms with Crippen molar-refractivity contribution in [2.45, 2.75) is 13.0 Å². The summed E-state index contributed by atoms with van der Waals surface area (Å²) in [6.07, 6.45) is 1.03. The number of para-hydroxylation sites is 2. The fourth-order valence-electron chi connectivity index (χ4n) is 2.99. The maximum atomic E-state index is 5.85. The van der Waals surface area contributed by atoms with E-state index in [2.05, 4.69) is 109 Å². The lowest BCUT2D eigenvalue weighted by molar-refractivity contribution is 0.281. The molecule has 0 heterocycles. The van der Waals surface area contributed by atoms with Gasteiger partial charge in [-0.05, 0) is 62.5 Å². The number of hydrogen-bond acceptors (Lipinski definition) is 3. The van der Waals surface area contributed by atoms with Gasteiger partial charge in [0.1, 0.15) is 5.75 Å². The van der Waals surface area contributed by atoms with Crippen LogP contribution in [0.4, 0.5) is 11.4 Å². The van der Waals surface area contributed by atoms with Crippen LogP contribution < -0.4 is 9.64 Å². The molecule has 0 aliphatic carbocycles. The van der Waals surface area contributed by atoms with Crippen molar-refractivity contribution in [2.75, 3.05) is 32.1 Å². The fourth-order valence-corrected chi connectivity index (χ4v) is 2.99. The molecule has 0 unspecified atom stereocenters. The van der Waals surface area contributed by atoms with Crippen molar-refractivity contribution in [3.8, 4) is 5.75 Å². The first kappa shape index (κ1) is 19.0. The molecular weight excluding hydrogens is 332 g/mol. The molecule has 0 radical (unpaired) electrons. The number of nitrogens with zero attached hydrogens (tertiary/aromatic N) is 2. The molecule has 3 aromatic carbocycles. The Hall–Kier alpha value is -2.78. The highest BCUT2D eigenvalue weighted by Gasteiger charge is 2.09. The summed E-state index contributed by atoms with van der Waals surface area (Å²) < 4.78 is 5.85. The maximum absolute atomic E-state index is 5.85. The van der Waals surface area contributed by atoms with Crippen LogP contribution in [0.15, 0.2) is 84.9 Å². The maximum Gasteiger partial charge on any atom is 0.119 e. The second-order valence-corrected chi connectivity index (χ2v) is 6.91. The van der Waals surface area contributed by atoms with E-state index in [0.29, 0.717) is 0 Å². The van der Waals surface area contributed by atoms with E-state index in [1.807, 2.05) is 0 Å². The van der Waals surface area contributed by atoms with Crippen LogP contribution in [-0.4, -0.2) is 32.1 Å². The van der Waals surface area contributed by atoms with Gasteiger partial charge < -0.3 is 14.5 Å². The van der Waals surface area contributed by atoms with Crippen molar-refractivity contribution < 1.29 is 4.74 Å². The molecule has 0 atom stereocenters. The zero-order chi connectivity index (χ0) is 18.9. The van der Waals surface area contributed by atoms with Crippen molar-refractivity contribution in [2.24, 2.45) is 0 Å². The molecule has 0 bridgehead atoms. The van der Waals surface area contributed by atoms with Crippen LogP contribution in [0, 0.1) is 0 Å². The van der Waals surface area contributed by atoms with Crippen LogP contribution in [0.25, 0.3) is 0 Å². The first-order chi connectivity index (χ1) is 13.2. The normalized spacial score (nSPS) is 10.8. The van der Waals surface area contributed by atoms with Crippen LogP contribution in [-0.2, 0) is 6.54 Å². The van der Waals surface area contributed by atoms with Crippen molar-refractivity contribution in [1.29, 1.82) is 0 Å². The summed E-state index contributed by atoms with van der Waals surface area (Å²) in [4.78, 5) is 4.50. The van der Waals surface area contributed by atoms with Gasteiger partial charge in [0.2, 0.25) is 0 Å². The summed E-state index contributed by atoms with van der Waals surface area (Å²) in [6.45, 7) is 2.60. The fraction of sp³-hybridized carbons (Fsp3) is 0.250. The summed E-state index contributed by atoms with van der Waals surface area (Å²) in [6, 6.07) is 29.5. The Morgan fingerprint density at radius 3 is 1.78 bits per heavy atom. The molecule has 0 amide bonds. The van der Waals surface area contributed by atoms with Gasteiger partial charge >= 0.3 is 0 Å². The highest BCUT2D eigenvalue weighted by atomic mass is 16.5. The van der Waals surface area contributed by atoms with E-state index in [1.165, 1.54) is 16.9 Å². The zero-order valence-corrected chi connectivity index (χ0v) is 16.2. The predicted octanol–water partition coefficient (Wildman–Crippen LogP) is 5.36. The van der Waals surface area contributed by atoms with Gasteiger partial charge in [-0.3, -0.25) is 0 Å². The predicted molar refractivity (Wildman–Crippen MR) is 114 cm³/mol. The van der Waals surface area contributed by atoms with Crippen molar-refractivity contribution in [1.82, 2.24) is 4.90 Å².